The molecule has 0 radical (unpaired) electrons. The van der Waals surface area contributed by atoms with Crippen LogP contribution < -0.4 is 5.32 Å². The lowest BCUT2D eigenvalue weighted by Gasteiger charge is -2.29. The van der Waals surface area contributed by atoms with Crippen LogP contribution in [0.1, 0.15) is 25.7 Å². The molecule has 1 aliphatic heterocycles. The van der Waals surface area contributed by atoms with Gasteiger partial charge in [0.25, 0.3) is 0 Å². The Morgan fingerprint density at radius 1 is 1.16 bits per heavy atom. The number of hydrogen-bond acceptors (Lipinski definition) is 4. The van der Waals surface area contributed by atoms with E-state index in [1.54, 1.807) is 0 Å². The van der Waals surface area contributed by atoms with Gasteiger partial charge in [-0.1, -0.05) is 12.8 Å². The van der Waals surface area contributed by atoms with Crippen molar-refractivity contribution >= 4 is 11.9 Å². The molecule has 1 heterocycles. The fraction of sp³-hybridized carbons (Fsp3) is 0.846. The number of nitrogens with one attached hydrogen (secondary N) is 1. The van der Waals surface area contributed by atoms with Crippen LogP contribution in [0.3, 0.4) is 0 Å². The van der Waals surface area contributed by atoms with Crippen molar-refractivity contribution in [3.63, 3.8) is 0 Å². The van der Waals surface area contributed by atoms with Gasteiger partial charge in [0.1, 0.15) is 0 Å². The molecule has 1 saturated carbocycles. The lowest BCUT2D eigenvalue weighted by Crippen LogP contribution is -2.44. The molecule has 2 N–H and O–H groups in total. The molecule has 1 aliphatic carbocycles. The Labute approximate surface area is 112 Å². The van der Waals surface area contributed by atoms with Crippen LogP contribution in [-0.2, 0) is 19.1 Å². The van der Waals surface area contributed by atoms with E-state index in [4.69, 9.17) is 14.6 Å². The van der Waals surface area contributed by atoms with E-state index in [2.05, 4.69) is 5.32 Å². The van der Waals surface area contributed by atoms with E-state index in [0.717, 1.165) is 12.8 Å². The molecule has 19 heavy (non-hydrogen) atoms. The molecule has 1 saturated heterocycles. The van der Waals surface area contributed by atoms with E-state index in [9.17, 15) is 9.59 Å². The molecule has 0 aromatic carbocycles. The summed E-state index contributed by atoms with van der Waals surface area (Å²) in [4.78, 5) is 23.2. The third-order valence-electron chi connectivity index (χ3n) is 3.81. The smallest absolute Gasteiger partial charge is 0.307 e. The maximum atomic E-state index is 12.1. The van der Waals surface area contributed by atoms with Crippen molar-refractivity contribution in [2.75, 3.05) is 26.4 Å². The maximum absolute atomic E-state index is 12.1. The van der Waals surface area contributed by atoms with E-state index in [1.165, 1.54) is 0 Å². The first kappa shape index (κ1) is 14.3. The minimum Gasteiger partial charge on any atom is -0.481 e. The predicted octanol–water partition coefficient (Wildman–Crippen LogP) is 0.409. The predicted molar refractivity (Wildman–Crippen MR) is 66.7 cm³/mol. The molecular formula is C13H21NO5. The third kappa shape index (κ3) is 3.91. The monoisotopic (exact) mass is 271 g/mol. The van der Waals surface area contributed by atoms with Crippen LogP contribution in [0.2, 0.25) is 0 Å². The molecule has 3 atom stereocenters. The van der Waals surface area contributed by atoms with E-state index in [-0.39, 0.29) is 12.0 Å². The maximum Gasteiger partial charge on any atom is 0.307 e. The summed E-state index contributed by atoms with van der Waals surface area (Å²) in [5.41, 5.74) is 0. The first-order valence-corrected chi connectivity index (χ1v) is 6.88. The van der Waals surface area contributed by atoms with Gasteiger partial charge in [0.2, 0.25) is 5.91 Å². The summed E-state index contributed by atoms with van der Waals surface area (Å²) in [7, 11) is 0. The fourth-order valence-electron chi connectivity index (χ4n) is 2.74. The Kier molecular flexibility index (Phi) is 5.15. The zero-order valence-corrected chi connectivity index (χ0v) is 11.0. The van der Waals surface area contributed by atoms with Crippen molar-refractivity contribution in [2.45, 2.75) is 31.8 Å². The fourth-order valence-corrected chi connectivity index (χ4v) is 2.74. The Morgan fingerprint density at radius 2 is 1.89 bits per heavy atom. The second-order valence-electron chi connectivity index (χ2n) is 5.15. The molecule has 6 heteroatoms. The molecule has 2 fully saturated rings. The van der Waals surface area contributed by atoms with Gasteiger partial charge in [0, 0.05) is 6.54 Å². The summed E-state index contributed by atoms with van der Waals surface area (Å²) in [5.74, 6) is -1.98. The Balaban J connectivity index is 1.81. The standard InChI is InChI=1S/C13H21NO5/c15-12(14-7-9-8-18-5-6-19-9)10-3-1-2-4-11(10)13(16)17/h9-11H,1-8H2,(H,14,15)(H,16,17). The van der Waals surface area contributed by atoms with E-state index in [1.807, 2.05) is 0 Å². The Hall–Kier alpha value is -1.14. The van der Waals surface area contributed by atoms with Crippen molar-refractivity contribution in [3.8, 4) is 0 Å². The number of hydrogen-bond donors (Lipinski definition) is 2. The highest BCUT2D eigenvalue weighted by Crippen LogP contribution is 2.30. The molecular weight excluding hydrogens is 250 g/mol. The molecule has 108 valence electrons. The molecule has 2 aliphatic rings. The van der Waals surface area contributed by atoms with E-state index in [0.29, 0.717) is 39.2 Å². The first-order chi connectivity index (χ1) is 9.18. The summed E-state index contributed by atoms with van der Waals surface area (Å²) in [6.45, 7) is 2.00. The second-order valence-corrected chi connectivity index (χ2v) is 5.15. The van der Waals surface area contributed by atoms with Crippen LogP contribution in [0.25, 0.3) is 0 Å². The van der Waals surface area contributed by atoms with Crippen LogP contribution in [0, 0.1) is 11.8 Å². The number of carboxylic acids is 1. The van der Waals surface area contributed by atoms with Crippen molar-refractivity contribution in [3.05, 3.63) is 0 Å². The zero-order chi connectivity index (χ0) is 13.7. The van der Waals surface area contributed by atoms with Crippen molar-refractivity contribution in [1.82, 2.24) is 5.32 Å². The first-order valence-electron chi connectivity index (χ1n) is 6.88. The van der Waals surface area contributed by atoms with Gasteiger partial charge < -0.3 is 19.9 Å². The topological polar surface area (TPSA) is 84.9 Å². The molecule has 3 unspecified atom stereocenters. The minimum absolute atomic E-state index is 0.121. The molecule has 0 aromatic rings. The highest BCUT2D eigenvalue weighted by molar-refractivity contribution is 5.84. The van der Waals surface area contributed by atoms with Crippen LogP contribution >= 0.6 is 0 Å². The van der Waals surface area contributed by atoms with E-state index < -0.39 is 17.8 Å². The van der Waals surface area contributed by atoms with Crippen molar-refractivity contribution in [2.24, 2.45) is 11.8 Å². The van der Waals surface area contributed by atoms with Crippen LogP contribution in [0.5, 0.6) is 0 Å². The van der Waals surface area contributed by atoms with Crippen LogP contribution in [0.15, 0.2) is 0 Å². The average molecular weight is 271 g/mol. The lowest BCUT2D eigenvalue weighted by atomic mass is 9.78. The van der Waals surface area contributed by atoms with Crippen molar-refractivity contribution < 1.29 is 24.2 Å². The molecule has 0 spiro atoms. The summed E-state index contributed by atoms with van der Waals surface area (Å²) in [6, 6.07) is 0. The number of rotatable bonds is 4. The number of carbonyl (C=O) groups is 2. The van der Waals surface area contributed by atoms with Gasteiger partial charge in [-0.2, -0.15) is 0 Å². The highest BCUT2D eigenvalue weighted by Gasteiger charge is 2.35. The lowest BCUT2D eigenvalue weighted by molar-refractivity contribution is -0.149. The van der Waals surface area contributed by atoms with Gasteiger partial charge in [-0.05, 0) is 12.8 Å². The molecule has 0 aromatic heterocycles. The third-order valence-corrected chi connectivity index (χ3v) is 3.81. The van der Waals surface area contributed by atoms with Gasteiger partial charge in [-0.15, -0.1) is 0 Å². The molecule has 0 bridgehead atoms. The normalized spacial score (nSPS) is 31.7. The van der Waals surface area contributed by atoms with Gasteiger partial charge in [0.05, 0.1) is 37.8 Å². The molecule has 2 rings (SSSR count). The number of carbonyl (C=O) groups excluding carboxylic acids is 1. The van der Waals surface area contributed by atoms with Gasteiger partial charge in [-0.3, -0.25) is 9.59 Å². The van der Waals surface area contributed by atoms with E-state index >= 15 is 0 Å². The number of ether oxygens (including phenoxy) is 2. The zero-order valence-electron chi connectivity index (χ0n) is 11.0. The van der Waals surface area contributed by atoms with Crippen LogP contribution in [-0.4, -0.2) is 49.5 Å². The summed E-state index contributed by atoms with van der Waals surface area (Å²) in [6.07, 6.45) is 2.94. The number of amides is 1. The quantitative estimate of drug-likeness (QED) is 0.773. The average Bonchev–Trinajstić information content (AvgIpc) is 2.46. The number of carboxylic acid groups (broad SMARTS) is 1. The highest BCUT2D eigenvalue weighted by atomic mass is 16.6. The minimum atomic E-state index is -0.864. The van der Waals surface area contributed by atoms with Gasteiger partial charge in [-0.25, -0.2) is 0 Å². The SMILES string of the molecule is O=C(O)C1CCCCC1C(=O)NCC1COCCO1. The summed E-state index contributed by atoms with van der Waals surface area (Å²) < 4.78 is 10.7. The Morgan fingerprint density at radius 3 is 2.53 bits per heavy atom. The van der Waals surface area contributed by atoms with Gasteiger partial charge >= 0.3 is 5.97 Å². The molecule has 1 amide bonds. The largest absolute Gasteiger partial charge is 0.481 e. The van der Waals surface area contributed by atoms with Gasteiger partial charge in [0.15, 0.2) is 0 Å². The Bertz CT molecular complexity index is 327. The van der Waals surface area contributed by atoms with Crippen LogP contribution in [0.4, 0.5) is 0 Å². The van der Waals surface area contributed by atoms with Crippen molar-refractivity contribution in [1.29, 1.82) is 0 Å². The second kappa shape index (κ2) is 6.86. The summed E-state index contributed by atoms with van der Waals surface area (Å²) in [5, 5.41) is 11.9. The summed E-state index contributed by atoms with van der Waals surface area (Å²) >= 11 is 0. The number of aliphatic carboxylic acids is 1. The molecule has 6 nitrogen and oxygen atoms in total.